The Morgan fingerprint density at radius 3 is 2.00 bits per heavy atom. The van der Waals surface area contributed by atoms with E-state index in [1.807, 2.05) is 0 Å². The second-order valence-electron chi connectivity index (χ2n) is 8.80. The number of amides is 3. The lowest BCUT2D eigenvalue weighted by molar-refractivity contribution is -0.120. The Balaban J connectivity index is 1.45. The van der Waals surface area contributed by atoms with Crippen LogP contribution in [0.4, 0.5) is 16.2 Å². The summed E-state index contributed by atoms with van der Waals surface area (Å²) in [6.45, 7) is 4.29. The van der Waals surface area contributed by atoms with Crippen LogP contribution in [0.25, 0.3) is 0 Å². The van der Waals surface area contributed by atoms with E-state index in [9.17, 15) is 18.0 Å². The minimum atomic E-state index is -3.30. The predicted molar refractivity (Wildman–Crippen MR) is 122 cm³/mol. The van der Waals surface area contributed by atoms with Crippen LogP contribution in [0.15, 0.2) is 24.3 Å². The molecule has 3 amide bonds. The molecular formula is C22H34N4O4S. The topological polar surface area (TPSA) is 108 Å². The number of piperidine rings is 1. The lowest BCUT2D eigenvalue weighted by Crippen LogP contribution is -2.48. The number of benzene rings is 1. The van der Waals surface area contributed by atoms with Crippen LogP contribution in [-0.4, -0.2) is 49.6 Å². The molecule has 31 heavy (non-hydrogen) atoms. The van der Waals surface area contributed by atoms with E-state index in [0.717, 1.165) is 31.4 Å². The van der Waals surface area contributed by atoms with E-state index in [1.54, 1.807) is 43.0 Å². The summed E-state index contributed by atoms with van der Waals surface area (Å²) in [6.07, 6.45) is 6.53. The van der Waals surface area contributed by atoms with E-state index >= 15 is 0 Å². The maximum Gasteiger partial charge on any atom is 0.321 e. The first-order valence-electron chi connectivity index (χ1n) is 11.2. The number of urea groups is 1. The van der Waals surface area contributed by atoms with Gasteiger partial charge in [0.2, 0.25) is 15.9 Å². The zero-order valence-electron chi connectivity index (χ0n) is 18.4. The molecule has 172 valence electrons. The SMILES string of the molecule is CC(C)S(=O)(=O)NC1CCN(C(=O)Nc2ccc(NC(=O)C3CCCCC3)cc2)CC1. The molecule has 2 fully saturated rings. The lowest BCUT2D eigenvalue weighted by Gasteiger charge is -2.32. The number of likely N-dealkylation sites (tertiary alicyclic amines) is 1. The van der Waals surface area contributed by atoms with Gasteiger partial charge < -0.3 is 15.5 Å². The predicted octanol–water partition coefficient (Wildman–Crippen LogP) is 3.53. The summed E-state index contributed by atoms with van der Waals surface area (Å²) in [7, 11) is -3.30. The fourth-order valence-corrected chi connectivity index (χ4v) is 4.99. The molecule has 1 aliphatic heterocycles. The maximum absolute atomic E-state index is 12.5. The lowest BCUT2D eigenvalue weighted by atomic mass is 9.88. The largest absolute Gasteiger partial charge is 0.326 e. The van der Waals surface area contributed by atoms with Gasteiger partial charge in [-0.15, -0.1) is 0 Å². The molecule has 3 rings (SSSR count). The van der Waals surface area contributed by atoms with Crippen LogP contribution >= 0.6 is 0 Å². The molecule has 1 saturated carbocycles. The highest BCUT2D eigenvalue weighted by Gasteiger charge is 2.27. The second-order valence-corrected chi connectivity index (χ2v) is 11.1. The van der Waals surface area contributed by atoms with E-state index in [-0.39, 0.29) is 23.9 Å². The smallest absolute Gasteiger partial charge is 0.321 e. The van der Waals surface area contributed by atoms with Gasteiger partial charge in [0.05, 0.1) is 5.25 Å². The van der Waals surface area contributed by atoms with Crippen molar-refractivity contribution in [3.8, 4) is 0 Å². The van der Waals surface area contributed by atoms with E-state index in [0.29, 0.717) is 31.6 Å². The van der Waals surface area contributed by atoms with Gasteiger partial charge in [0.15, 0.2) is 0 Å². The quantitative estimate of drug-likeness (QED) is 0.616. The number of carbonyl (C=O) groups excluding carboxylic acids is 2. The maximum atomic E-state index is 12.5. The molecule has 1 aliphatic carbocycles. The molecule has 0 aromatic heterocycles. The van der Waals surface area contributed by atoms with Crippen LogP contribution in [0.1, 0.15) is 58.8 Å². The van der Waals surface area contributed by atoms with Gasteiger partial charge in [0, 0.05) is 36.4 Å². The van der Waals surface area contributed by atoms with E-state index < -0.39 is 15.3 Å². The van der Waals surface area contributed by atoms with Gasteiger partial charge in [-0.3, -0.25) is 4.79 Å². The third-order valence-electron chi connectivity index (χ3n) is 6.11. The van der Waals surface area contributed by atoms with Gasteiger partial charge in [0.1, 0.15) is 0 Å². The molecule has 2 aliphatic rings. The van der Waals surface area contributed by atoms with Crippen LogP contribution in [0.2, 0.25) is 0 Å². The van der Waals surface area contributed by atoms with Crippen molar-refractivity contribution in [2.75, 3.05) is 23.7 Å². The molecule has 1 heterocycles. The molecule has 9 heteroatoms. The van der Waals surface area contributed by atoms with Crippen molar-refractivity contribution < 1.29 is 18.0 Å². The molecule has 0 bridgehead atoms. The number of nitrogens with zero attached hydrogens (tertiary/aromatic N) is 1. The Morgan fingerprint density at radius 1 is 0.903 bits per heavy atom. The van der Waals surface area contributed by atoms with Crippen molar-refractivity contribution in [3.05, 3.63) is 24.3 Å². The van der Waals surface area contributed by atoms with E-state index in [2.05, 4.69) is 15.4 Å². The molecule has 0 unspecified atom stereocenters. The van der Waals surface area contributed by atoms with Crippen LogP contribution < -0.4 is 15.4 Å². The molecule has 0 radical (unpaired) electrons. The minimum absolute atomic E-state index is 0.0763. The highest BCUT2D eigenvalue weighted by atomic mass is 32.2. The first-order chi connectivity index (χ1) is 14.7. The zero-order chi connectivity index (χ0) is 22.4. The molecule has 0 spiro atoms. The van der Waals surface area contributed by atoms with Crippen molar-refractivity contribution in [2.24, 2.45) is 5.92 Å². The van der Waals surface area contributed by atoms with Crippen LogP contribution in [0.3, 0.4) is 0 Å². The molecule has 0 atom stereocenters. The number of rotatable bonds is 6. The molecule has 3 N–H and O–H groups in total. The monoisotopic (exact) mass is 450 g/mol. The number of sulfonamides is 1. The van der Waals surface area contributed by atoms with Crippen molar-refractivity contribution in [1.29, 1.82) is 0 Å². The van der Waals surface area contributed by atoms with Crippen molar-refractivity contribution in [3.63, 3.8) is 0 Å². The van der Waals surface area contributed by atoms with Gasteiger partial charge in [-0.25, -0.2) is 17.9 Å². The minimum Gasteiger partial charge on any atom is -0.326 e. The Labute approximate surface area is 185 Å². The second kappa shape index (κ2) is 10.5. The number of nitrogens with one attached hydrogen (secondary N) is 3. The number of anilines is 2. The Hall–Kier alpha value is -2.13. The highest BCUT2D eigenvalue weighted by molar-refractivity contribution is 7.90. The molecular weight excluding hydrogens is 416 g/mol. The number of carbonyl (C=O) groups is 2. The summed E-state index contributed by atoms with van der Waals surface area (Å²) >= 11 is 0. The zero-order valence-corrected chi connectivity index (χ0v) is 19.2. The summed E-state index contributed by atoms with van der Waals surface area (Å²) in [6, 6.07) is 6.80. The van der Waals surface area contributed by atoms with Gasteiger partial charge in [-0.2, -0.15) is 0 Å². The standard InChI is InChI=1S/C22H34N4O4S/c1-16(2)31(29,30)25-20-12-14-26(15-13-20)22(28)24-19-10-8-18(9-11-19)23-21(27)17-6-4-3-5-7-17/h8-11,16-17,20,25H,3-7,12-15H2,1-2H3,(H,23,27)(H,24,28). The average Bonchev–Trinajstić information content (AvgIpc) is 2.76. The molecule has 8 nitrogen and oxygen atoms in total. The Morgan fingerprint density at radius 2 is 1.45 bits per heavy atom. The summed E-state index contributed by atoms with van der Waals surface area (Å²) in [5.41, 5.74) is 1.38. The average molecular weight is 451 g/mol. The third-order valence-corrected chi connectivity index (χ3v) is 8.02. The van der Waals surface area contributed by atoms with E-state index in [1.165, 1.54) is 6.42 Å². The first kappa shape index (κ1) is 23.5. The van der Waals surface area contributed by atoms with Crippen molar-refractivity contribution in [2.45, 2.75) is 70.1 Å². The van der Waals surface area contributed by atoms with Crippen molar-refractivity contribution >= 4 is 33.3 Å². The first-order valence-corrected chi connectivity index (χ1v) is 12.8. The fraction of sp³-hybridized carbons (Fsp3) is 0.636. The molecule has 1 saturated heterocycles. The Kier molecular flexibility index (Phi) is 7.94. The van der Waals surface area contributed by atoms with Crippen molar-refractivity contribution in [1.82, 2.24) is 9.62 Å². The third kappa shape index (κ3) is 6.67. The molecule has 1 aromatic carbocycles. The van der Waals surface area contributed by atoms with Crippen LogP contribution in [-0.2, 0) is 14.8 Å². The normalized spacial score (nSPS) is 18.7. The van der Waals surface area contributed by atoms with Gasteiger partial charge in [0.25, 0.3) is 0 Å². The molecule has 1 aromatic rings. The summed E-state index contributed by atoms with van der Waals surface area (Å²) in [4.78, 5) is 26.6. The highest BCUT2D eigenvalue weighted by Crippen LogP contribution is 2.25. The van der Waals surface area contributed by atoms with Gasteiger partial charge in [-0.05, 0) is 63.8 Å². The van der Waals surface area contributed by atoms with Gasteiger partial charge in [-0.1, -0.05) is 19.3 Å². The summed E-state index contributed by atoms with van der Waals surface area (Å²) in [5.74, 6) is 0.175. The number of hydrogen-bond acceptors (Lipinski definition) is 4. The summed E-state index contributed by atoms with van der Waals surface area (Å²) in [5, 5.41) is 5.37. The van der Waals surface area contributed by atoms with Gasteiger partial charge >= 0.3 is 6.03 Å². The van der Waals surface area contributed by atoms with Crippen LogP contribution in [0.5, 0.6) is 0 Å². The fourth-order valence-electron chi connectivity index (χ4n) is 4.02. The Bertz CT molecular complexity index is 856. The summed E-state index contributed by atoms with van der Waals surface area (Å²) < 4.78 is 26.7. The number of hydrogen-bond donors (Lipinski definition) is 3. The van der Waals surface area contributed by atoms with Crippen LogP contribution in [0, 0.1) is 5.92 Å². The van der Waals surface area contributed by atoms with E-state index in [4.69, 9.17) is 0 Å².